The van der Waals surface area contributed by atoms with E-state index in [-0.39, 0.29) is 12.2 Å². The van der Waals surface area contributed by atoms with Crippen molar-refractivity contribution in [2.45, 2.75) is 32.0 Å². The van der Waals surface area contributed by atoms with E-state index in [0.29, 0.717) is 22.8 Å². The molecule has 100 valence electrons. The fourth-order valence-electron chi connectivity index (χ4n) is 2.68. The van der Waals surface area contributed by atoms with Crippen molar-refractivity contribution in [2.75, 3.05) is 11.4 Å². The largest absolute Gasteiger partial charge is 0.373 e. The molecule has 0 aromatic heterocycles. The topological polar surface area (TPSA) is 46.6 Å². The van der Waals surface area contributed by atoms with Crippen LogP contribution in [-0.2, 0) is 9.53 Å². The van der Waals surface area contributed by atoms with Crippen LogP contribution in [0.5, 0.6) is 0 Å². The fourth-order valence-corrected chi connectivity index (χ4v) is 2.85. The first-order valence-electron chi connectivity index (χ1n) is 6.37. The number of carbonyl (C=O) groups excluding carboxylic acids is 2. The molecular formula is C14H14ClNO3. The van der Waals surface area contributed by atoms with Gasteiger partial charge in [0, 0.05) is 5.02 Å². The fraction of sp³-hybridized carbons (Fsp3) is 0.429. The molecule has 19 heavy (non-hydrogen) atoms. The molecule has 0 N–H and O–H groups in total. The van der Waals surface area contributed by atoms with Crippen molar-refractivity contribution in [1.82, 2.24) is 0 Å². The Kier molecular flexibility index (Phi) is 3.07. The van der Waals surface area contributed by atoms with Crippen LogP contribution in [0.2, 0.25) is 5.02 Å². The van der Waals surface area contributed by atoms with Crippen LogP contribution < -0.4 is 4.90 Å². The minimum Gasteiger partial charge on any atom is -0.373 e. The van der Waals surface area contributed by atoms with Gasteiger partial charge in [0.05, 0.1) is 30.0 Å². The number of nitrogens with zero attached hydrogens (tertiary/aromatic N) is 1. The zero-order valence-electron chi connectivity index (χ0n) is 10.6. The Labute approximate surface area is 116 Å². The number of hydrogen-bond acceptors (Lipinski definition) is 3. The zero-order chi connectivity index (χ0) is 13.6. The molecule has 3 rings (SSSR count). The molecule has 1 aromatic carbocycles. The Morgan fingerprint density at radius 3 is 2.84 bits per heavy atom. The van der Waals surface area contributed by atoms with Gasteiger partial charge in [-0.25, -0.2) is 0 Å². The first kappa shape index (κ1) is 12.6. The number of halogens is 1. The van der Waals surface area contributed by atoms with Gasteiger partial charge >= 0.3 is 0 Å². The molecule has 1 amide bonds. The average molecular weight is 280 g/mol. The normalized spacial score (nSPS) is 26.1. The van der Waals surface area contributed by atoms with Gasteiger partial charge in [0.1, 0.15) is 0 Å². The number of benzene rings is 1. The lowest BCUT2D eigenvalue weighted by atomic mass is 10.1. The summed E-state index contributed by atoms with van der Waals surface area (Å²) in [5.41, 5.74) is 1.03. The highest BCUT2D eigenvalue weighted by atomic mass is 35.5. The Morgan fingerprint density at radius 1 is 1.37 bits per heavy atom. The number of Topliss-reactive ketones (excluding diaryl/α,β-unsaturated/α-hetero) is 1. The number of ether oxygens (including phenoxy) is 1. The molecule has 4 nitrogen and oxygen atoms in total. The molecule has 2 aliphatic heterocycles. The molecular weight excluding hydrogens is 266 g/mol. The minimum atomic E-state index is -0.486. The summed E-state index contributed by atoms with van der Waals surface area (Å²) in [6, 6.07) is 4.96. The van der Waals surface area contributed by atoms with E-state index in [4.69, 9.17) is 16.3 Å². The van der Waals surface area contributed by atoms with Gasteiger partial charge in [-0.05, 0) is 38.0 Å². The van der Waals surface area contributed by atoms with E-state index in [0.717, 1.165) is 12.8 Å². The predicted molar refractivity (Wildman–Crippen MR) is 71.7 cm³/mol. The van der Waals surface area contributed by atoms with E-state index in [2.05, 4.69) is 0 Å². The van der Waals surface area contributed by atoms with Gasteiger partial charge in [0.15, 0.2) is 0 Å². The van der Waals surface area contributed by atoms with Crippen LogP contribution in [0.25, 0.3) is 0 Å². The van der Waals surface area contributed by atoms with Crippen LogP contribution in [-0.4, -0.2) is 30.4 Å². The van der Waals surface area contributed by atoms with Crippen molar-refractivity contribution in [2.24, 2.45) is 0 Å². The van der Waals surface area contributed by atoms with Crippen molar-refractivity contribution in [3.8, 4) is 0 Å². The van der Waals surface area contributed by atoms with E-state index in [1.54, 1.807) is 18.2 Å². The zero-order valence-corrected chi connectivity index (χ0v) is 11.3. The van der Waals surface area contributed by atoms with Crippen LogP contribution >= 0.6 is 11.6 Å². The lowest BCUT2D eigenvalue weighted by molar-refractivity contribution is -0.114. The number of fused-ring (bicyclic) bond motifs is 1. The van der Waals surface area contributed by atoms with Gasteiger partial charge in [-0.1, -0.05) is 11.6 Å². The molecule has 1 fully saturated rings. The maximum absolute atomic E-state index is 12.0. The number of carbonyl (C=O) groups is 2. The lowest BCUT2D eigenvalue weighted by Gasteiger charge is -2.20. The van der Waals surface area contributed by atoms with Crippen molar-refractivity contribution in [1.29, 1.82) is 0 Å². The average Bonchev–Trinajstić information content (AvgIpc) is 2.88. The third kappa shape index (κ3) is 2.15. The molecule has 2 atom stereocenters. The molecule has 5 heteroatoms. The monoisotopic (exact) mass is 279 g/mol. The first-order chi connectivity index (χ1) is 9.06. The standard InChI is InChI=1S/C14H14ClNO3/c1-8-2-4-10(19-8)7-16-12-5-3-9(15)6-11(12)13(17)14(16)18/h3,5-6,8,10H,2,4,7H2,1H3. The smallest absolute Gasteiger partial charge is 0.299 e. The van der Waals surface area contributed by atoms with Gasteiger partial charge in [0.2, 0.25) is 0 Å². The van der Waals surface area contributed by atoms with Crippen LogP contribution in [0.1, 0.15) is 30.1 Å². The number of anilines is 1. The third-order valence-electron chi connectivity index (χ3n) is 3.64. The second kappa shape index (κ2) is 4.62. The summed E-state index contributed by atoms with van der Waals surface area (Å²) >= 11 is 5.87. The lowest BCUT2D eigenvalue weighted by Crippen LogP contribution is -2.36. The molecule has 0 spiro atoms. The summed E-state index contributed by atoms with van der Waals surface area (Å²) in [4.78, 5) is 25.4. The molecule has 1 saturated heterocycles. The summed E-state index contributed by atoms with van der Waals surface area (Å²) in [5, 5.41) is 0.465. The van der Waals surface area contributed by atoms with E-state index >= 15 is 0 Å². The Balaban J connectivity index is 1.87. The molecule has 1 aromatic rings. The highest BCUT2D eigenvalue weighted by Crippen LogP contribution is 2.32. The van der Waals surface area contributed by atoms with Crippen molar-refractivity contribution >= 4 is 29.0 Å². The maximum Gasteiger partial charge on any atom is 0.299 e. The summed E-state index contributed by atoms with van der Waals surface area (Å²) in [5.74, 6) is -0.969. The van der Waals surface area contributed by atoms with Gasteiger partial charge in [0.25, 0.3) is 11.7 Å². The van der Waals surface area contributed by atoms with Crippen LogP contribution in [0.4, 0.5) is 5.69 Å². The first-order valence-corrected chi connectivity index (χ1v) is 6.75. The van der Waals surface area contributed by atoms with Crippen molar-refractivity contribution < 1.29 is 14.3 Å². The van der Waals surface area contributed by atoms with Crippen LogP contribution in [0.15, 0.2) is 18.2 Å². The highest BCUT2D eigenvalue weighted by molar-refractivity contribution is 6.52. The third-order valence-corrected chi connectivity index (χ3v) is 3.87. The van der Waals surface area contributed by atoms with Crippen molar-refractivity contribution in [3.63, 3.8) is 0 Å². The second-order valence-corrected chi connectivity index (χ2v) is 5.49. The SMILES string of the molecule is CC1CCC(CN2C(=O)C(=O)c3cc(Cl)ccc32)O1. The Morgan fingerprint density at radius 2 is 2.16 bits per heavy atom. The van der Waals surface area contributed by atoms with Crippen LogP contribution in [0.3, 0.4) is 0 Å². The molecule has 0 bridgehead atoms. The molecule has 2 aliphatic rings. The molecule has 0 aliphatic carbocycles. The number of ketones is 1. The molecule has 2 unspecified atom stereocenters. The van der Waals surface area contributed by atoms with E-state index in [9.17, 15) is 9.59 Å². The Hall–Kier alpha value is -1.39. The summed E-state index contributed by atoms with van der Waals surface area (Å²) in [7, 11) is 0. The second-order valence-electron chi connectivity index (χ2n) is 5.05. The van der Waals surface area contributed by atoms with Gasteiger partial charge < -0.3 is 9.64 Å². The predicted octanol–water partition coefficient (Wildman–Crippen LogP) is 2.44. The van der Waals surface area contributed by atoms with Gasteiger partial charge in [-0.15, -0.1) is 0 Å². The van der Waals surface area contributed by atoms with E-state index in [1.807, 2.05) is 6.92 Å². The number of hydrogen-bond donors (Lipinski definition) is 0. The maximum atomic E-state index is 12.0. The van der Waals surface area contributed by atoms with E-state index in [1.165, 1.54) is 4.90 Å². The quantitative estimate of drug-likeness (QED) is 0.781. The molecule has 2 heterocycles. The summed E-state index contributed by atoms with van der Waals surface area (Å²) in [6.45, 7) is 2.45. The molecule has 0 radical (unpaired) electrons. The molecule has 0 saturated carbocycles. The van der Waals surface area contributed by atoms with E-state index < -0.39 is 11.7 Å². The van der Waals surface area contributed by atoms with Gasteiger partial charge in [-0.2, -0.15) is 0 Å². The van der Waals surface area contributed by atoms with Crippen molar-refractivity contribution in [3.05, 3.63) is 28.8 Å². The summed E-state index contributed by atoms with van der Waals surface area (Å²) < 4.78 is 5.71. The summed E-state index contributed by atoms with van der Waals surface area (Å²) in [6.07, 6.45) is 2.15. The number of amides is 1. The number of rotatable bonds is 2. The minimum absolute atomic E-state index is 0.00776. The van der Waals surface area contributed by atoms with Crippen LogP contribution in [0, 0.1) is 0 Å². The highest BCUT2D eigenvalue weighted by Gasteiger charge is 2.38. The Bertz CT molecular complexity index is 558. The van der Waals surface area contributed by atoms with Gasteiger partial charge in [-0.3, -0.25) is 9.59 Å².